The molecule has 1 aliphatic carbocycles. The summed E-state index contributed by atoms with van der Waals surface area (Å²) in [5, 5.41) is 16.5. The lowest BCUT2D eigenvalue weighted by atomic mass is 9.95. The van der Waals surface area contributed by atoms with E-state index in [1.165, 1.54) is 12.1 Å². The van der Waals surface area contributed by atoms with Crippen LogP contribution in [0.1, 0.15) is 48.0 Å². The van der Waals surface area contributed by atoms with Crippen molar-refractivity contribution in [1.29, 1.82) is 0 Å². The topological polar surface area (TPSA) is 185 Å². The molecule has 16 nitrogen and oxygen atoms in total. The van der Waals surface area contributed by atoms with Gasteiger partial charge in [0, 0.05) is 74.2 Å². The van der Waals surface area contributed by atoms with Crippen LogP contribution >= 0.6 is 11.6 Å². The Kier molecular flexibility index (Phi) is 13.8. The van der Waals surface area contributed by atoms with E-state index in [4.69, 9.17) is 30.8 Å². The van der Waals surface area contributed by atoms with Crippen LogP contribution in [0.2, 0.25) is 5.02 Å². The number of pyridine rings is 1. The predicted molar refractivity (Wildman–Crippen MR) is 251 cm³/mol. The van der Waals surface area contributed by atoms with Gasteiger partial charge in [-0.15, -0.1) is 0 Å². The first-order valence-electron chi connectivity index (χ1n) is 22.5. The molecule has 2 atom stereocenters. The van der Waals surface area contributed by atoms with Crippen molar-refractivity contribution in [3.05, 3.63) is 111 Å². The van der Waals surface area contributed by atoms with Crippen LogP contribution in [0.15, 0.2) is 89.5 Å². The number of benzene rings is 3. The lowest BCUT2D eigenvalue weighted by Crippen LogP contribution is -2.47. The summed E-state index contributed by atoms with van der Waals surface area (Å²) in [4.78, 5) is 39.4. The van der Waals surface area contributed by atoms with Crippen LogP contribution in [-0.2, 0) is 19.5 Å². The first-order chi connectivity index (χ1) is 32.7. The van der Waals surface area contributed by atoms with Crippen molar-refractivity contribution in [1.82, 2.24) is 19.6 Å². The number of sulfonamides is 1. The third kappa shape index (κ3) is 10.5. The van der Waals surface area contributed by atoms with Gasteiger partial charge in [-0.2, -0.15) is 18.2 Å². The van der Waals surface area contributed by atoms with Crippen LogP contribution in [0.3, 0.4) is 0 Å². The average Bonchev–Trinajstić information content (AvgIpc) is 3.54. The number of nitro benzene ring substituents is 1. The molecule has 3 N–H and O–H groups in total. The van der Waals surface area contributed by atoms with Crippen LogP contribution < -0.4 is 24.6 Å². The van der Waals surface area contributed by atoms with Crippen molar-refractivity contribution in [2.24, 2.45) is 5.92 Å². The molecule has 0 bridgehead atoms. The summed E-state index contributed by atoms with van der Waals surface area (Å²) in [7, 11) is -4.66. The minimum atomic E-state index is -4.66. The molecule has 21 heteroatoms. The number of nitrogens with zero attached hydrogens (tertiary/aromatic N) is 5. The zero-order valence-corrected chi connectivity index (χ0v) is 38.5. The number of anilines is 4. The van der Waals surface area contributed by atoms with Gasteiger partial charge in [-0.3, -0.25) is 19.8 Å². The zero-order chi connectivity index (χ0) is 47.6. The molecular weight excluding hydrogens is 929 g/mol. The fraction of sp³-hybridized carbons (Fsp3) is 0.404. The van der Waals surface area contributed by atoms with Crippen molar-refractivity contribution < 1.29 is 45.5 Å². The fourth-order valence-electron chi connectivity index (χ4n) is 9.32. The normalized spacial score (nSPS) is 19.8. The monoisotopic (exact) mass is 978 g/mol. The second-order valence-electron chi connectivity index (χ2n) is 17.3. The molecule has 360 valence electrons. The number of nitro groups is 1. The van der Waals surface area contributed by atoms with E-state index < -0.39 is 43.5 Å². The molecule has 2 aromatic heterocycles. The van der Waals surface area contributed by atoms with Crippen molar-refractivity contribution in [3.8, 4) is 5.88 Å². The van der Waals surface area contributed by atoms with Crippen LogP contribution in [-0.4, -0.2) is 119 Å². The Bertz CT molecular complexity index is 2810. The number of hydrogen-bond acceptors (Lipinski definition) is 13. The highest BCUT2D eigenvalue weighted by Crippen LogP contribution is 2.43. The van der Waals surface area contributed by atoms with Gasteiger partial charge in [0.05, 0.1) is 59.5 Å². The second-order valence-corrected chi connectivity index (χ2v) is 19.4. The Morgan fingerprint density at radius 1 is 0.941 bits per heavy atom. The van der Waals surface area contributed by atoms with Gasteiger partial charge in [0.2, 0.25) is 5.88 Å². The number of hydrogen-bond donors (Lipinski definition) is 3. The number of amides is 1. The van der Waals surface area contributed by atoms with Crippen molar-refractivity contribution in [2.75, 3.05) is 87.4 Å². The molecule has 4 aliphatic rings. The molecule has 5 aromatic rings. The number of aromatic nitrogens is 2. The Balaban J connectivity index is 0.981. The lowest BCUT2D eigenvalue weighted by Gasteiger charge is -2.37. The summed E-state index contributed by atoms with van der Waals surface area (Å²) in [6.07, 6.45) is -1.62. The third-order valence-electron chi connectivity index (χ3n) is 12.9. The number of fused-ring (bicyclic) bond motifs is 2. The minimum Gasteiger partial charge on any atom is -0.476 e. The summed E-state index contributed by atoms with van der Waals surface area (Å²) in [6.45, 7) is 4.88. The molecule has 0 saturated carbocycles. The number of halogens is 4. The van der Waals surface area contributed by atoms with Crippen molar-refractivity contribution >= 4 is 72.6 Å². The number of carbonyl (C=O) groups is 1. The van der Waals surface area contributed by atoms with E-state index in [0.717, 1.165) is 33.8 Å². The molecule has 0 unspecified atom stereocenters. The number of nitrogens with one attached hydrogen (secondary N) is 3. The Labute approximate surface area is 395 Å². The first-order valence-corrected chi connectivity index (χ1v) is 24.4. The molecular formula is C47H50ClF3N8O8S. The zero-order valence-electron chi connectivity index (χ0n) is 36.9. The number of alkyl halides is 3. The number of piperazine rings is 1. The smallest absolute Gasteiger partial charge is 0.391 e. The van der Waals surface area contributed by atoms with Crippen LogP contribution in [0, 0.1) is 16.0 Å². The maximum absolute atomic E-state index is 14.4. The largest absolute Gasteiger partial charge is 0.476 e. The number of rotatable bonds is 12. The van der Waals surface area contributed by atoms with Crippen LogP contribution in [0.4, 0.5) is 41.6 Å². The molecule has 68 heavy (non-hydrogen) atoms. The van der Waals surface area contributed by atoms with E-state index >= 15 is 0 Å². The van der Waals surface area contributed by atoms with E-state index in [1.807, 2.05) is 35.2 Å². The van der Waals surface area contributed by atoms with E-state index in [-0.39, 0.29) is 36.7 Å². The van der Waals surface area contributed by atoms with E-state index in [0.29, 0.717) is 113 Å². The Morgan fingerprint density at radius 3 is 2.49 bits per heavy atom. The van der Waals surface area contributed by atoms with Crippen molar-refractivity contribution in [3.63, 3.8) is 0 Å². The standard InChI is InChI=1S/C47H50ClF3N8O8S/c48-34-7-3-30(4-8-34)38-11-6-33(47(49,50)51)5-2-32(38)28-56-17-19-57(20-18-56)35-9-12-39(41(25-35)58-16-1-21-67-46-43(58)24-31-14-15-52-44(31)54-46)45(60)55-68(63,64)37-10-13-40(42(26-37)59(61)62)53-27-36-29-65-22-23-66-36/h3-4,7-10,12-15,24-26,33,36,53H,1-2,5-6,11,16-23,27-29H2,(H,52,54)(H,55,60)/t33-,36+/m1/s1. The fourth-order valence-corrected chi connectivity index (χ4v) is 10.4. The molecule has 0 spiro atoms. The predicted octanol–water partition coefficient (Wildman–Crippen LogP) is 8.32. The molecule has 2 fully saturated rings. The quantitative estimate of drug-likeness (QED) is 0.0802. The maximum Gasteiger partial charge on any atom is 0.391 e. The van der Waals surface area contributed by atoms with Gasteiger partial charge in [-0.05, 0) is 97.8 Å². The molecule has 5 heterocycles. The Hall–Kier alpha value is -5.93. The summed E-state index contributed by atoms with van der Waals surface area (Å²) in [5.74, 6) is -2.00. The molecule has 2 saturated heterocycles. The van der Waals surface area contributed by atoms with E-state index in [2.05, 4.69) is 24.8 Å². The molecule has 9 rings (SSSR count). The highest BCUT2D eigenvalue weighted by atomic mass is 35.5. The highest BCUT2D eigenvalue weighted by Gasteiger charge is 2.40. The van der Waals surface area contributed by atoms with E-state index in [9.17, 15) is 36.5 Å². The second kappa shape index (κ2) is 20.0. The summed E-state index contributed by atoms with van der Waals surface area (Å²) < 4.78 is 89.0. The minimum absolute atomic E-state index is 0.0210. The maximum atomic E-state index is 14.4. The Morgan fingerprint density at radius 2 is 1.74 bits per heavy atom. The van der Waals surface area contributed by atoms with Gasteiger partial charge in [0.25, 0.3) is 21.6 Å². The van der Waals surface area contributed by atoms with Crippen LogP contribution in [0.5, 0.6) is 5.88 Å². The summed E-state index contributed by atoms with van der Waals surface area (Å²) >= 11 is 6.18. The molecule has 3 aromatic carbocycles. The van der Waals surface area contributed by atoms with Gasteiger partial charge < -0.3 is 34.3 Å². The number of ether oxygens (including phenoxy) is 3. The molecule has 3 aliphatic heterocycles. The van der Waals surface area contributed by atoms with Gasteiger partial charge in [-0.25, -0.2) is 13.1 Å². The summed E-state index contributed by atoms with van der Waals surface area (Å²) in [6, 6.07) is 19.5. The molecule has 0 radical (unpaired) electrons. The first kappa shape index (κ1) is 47.1. The number of H-pyrrole nitrogens is 1. The average molecular weight is 979 g/mol. The summed E-state index contributed by atoms with van der Waals surface area (Å²) in [5.41, 5.74) is 4.72. The van der Waals surface area contributed by atoms with Gasteiger partial charge in [0.1, 0.15) is 17.0 Å². The van der Waals surface area contributed by atoms with Crippen molar-refractivity contribution in [2.45, 2.75) is 49.3 Å². The number of allylic oxidation sites excluding steroid dienone is 1. The van der Waals surface area contributed by atoms with Gasteiger partial charge in [0.15, 0.2) is 0 Å². The van der Waals surface area contributed by atoms with E-state index in [1.54, 1.807) is 30.5 Å². The lowest BCUT2D eigenvalue weighted by molar-refractivity contribution is -0.384. The molecule has 1 amide bonds. The SMILES string of the molecule is O=C(NS(=O)(=O)c1ccc(NC[C@H]2COCCO2)c([N+](=O)[O-])c1)c1ccc(N2CCN(CC3=C(c4ccc(Cl)cc4)CC[C@H](C(F)(F)F)CC3)CC2)cc1N1CCCOc2nc3[nH]ccc3cc21. The third-order valence-corrected chi connectivity index (χ3v) is 14.5. The van der Waals surface area contributed by atoms with Gasteiger partial charge in [-0.1, -0.05) is 29.3 Å². The van der Waals surface area contributed by atoms with Gasteiger partial charge >= 0.3 is 6.18 Å². The highest BCUT2D eigenvalue weighted by molar-refractivity contribution is 7.90. The number of carbonyl (C=O) groups excluding carboxylic acids is 1. The number of aromatic amines is 1. The van der Waals surface area contributed by atoms with Crippen LogP contribution in [0.25, 0.3) is 16.6 Å².